The lowest BCUT2D eigenvalue weighted by molar-refractivity contribution is -0.112. The van der Waals surface area contributed by atoms with Gasteiger partial charge in [0.25, 0.3) is 8.53 Å². The number of aliphatic hydroxyl groups is 3. The highest BCUT2D eigenvalue weighted by Crippen LogP contribution is 2.50. The van der Waals surface area contributed by atoms with Crippen LogP contribution in [0, 0.1) is 11.3 Å². The average Bonchev–Trinajstić information content (AvgIpc) is 3.89. The Morgan fingerprint density at radius 3 is 1.61 bits per heavy atom. The normalized spacial score (nSPS) is 29.8. The highest BCUT2D eigenvalue weighted by molar-refractivity contribution is 8.02. The predicted molar refractivity (Wildman–Crippen MR) is 286 cm³/mol. The molecule has 3 saturated heterocycles. The molecule has 4 unspecified atom stereocenters. The van der Waals surface area contributed by atoms with E-state index in [-0.39, 0.29) is 44.8 Å². The molecule has 6 radical (unpaired) electrons. The van der Waals surface area contributed by atoms with Crippen LogP contribution in [0.25, 0.3) is 0 Å². The number of aliphatic hydroxyl groups excluding tert-OH is 3. The van der Waals surface area contributed by atoms with Crippen LogP contribution in [-0.4, -0.2) is 219 Å². The third-order valence-corrected chi connectivity index (χ3v) is 17.2. The summed E-state index contributed by atoms with van der Waals surface area (Å²) < 4.78 is 120. The number of ether oxygens (including phenoxy) is 4. The molecule has 3 rings (SSSR count). The van der Waals surface area contributed by atoms with Crippen LogP contribution >= 0.6 is 36.9 Å². The third kappa shape index (κ3) is 26.5. The van der Waals surface area contributed by atoms with Gasteiger partial charge >= 0.3 is 0 Å². The van der Waals surface area contributed by atoms with Crippen LogP contribution in [0.4, 0.5) is 8.78 Å². The lowest BCUT2D eigenvalue weighted by Gasteiger charge is -2.37. The summed E-state index contributed by atoms with van der Waals surface area (Å²) in [5, 5.41) is 18.3. The highest BCUT2D eigenvalue weighted by atomic mass is 32.2. The SMILES string of the molecule is [2H]C[C@H]1O[C@@H]([B])[C@@H](F)[C@@H]1OP(ONOCC)N(C(C)C)C(C)C.[2H]C[C@H]1O[C@@H]([B])[C@@H](OCOCCC#N)C1OP(C)N(C(C)C)C(C)C.[2H]C[C@H]1S[C@@H]([B])[C@@H](F)[C@@H]1OP(C)N(C(C)C)C(C)C.[3H]OC.[3H]OC.[3H]OC. The largest absolute Gasteiger partial charge is 0.400 e. The van der Waals surface area contributed by atoms with E-state index in [1.54, 1.807) is 6.92 Å². The minimum Gasteiger partial charge on any atom is -0.400 e. The highest BCUT2D eigenvalue weighted by Gasteiger charge is 2.46. The van der Waals surface area contributed by atoms with Crippen LogP contribution < -0.4 is 5.64 Å². The molecule has 70 heavy (non-hydrogen) atoms. The summed E-state index contributed by atoms with van der Waals surface area (Å²) in [6.07, 6.45) is -5.92. The minimum absolute atomic E-state index is 0.0215. The van der Waals surface area contributed by atoms with Gasteiger partial charge in [0.15, 0.2) is 0 Å². The molecule has 17 nitrogen and oxygen atoms in total. The zero-order valence-electron chi connectivity index (χ0n) is 51.3. The van der Waals surface area contributed by atoms with Gasteiger partial charge in [-0.25, -0.2) is 18.1 Å². The summed E-state index contributed by atoms with van der Waals surface area (Å²) in [5.41, 5.74) is 2.38. The Bertz CT molecular complexity index is 1420. The molecule has 410 valence electrons. The molecule has 3 fully saturated rings. The molecule has 15 atom stereocenters. The fourth-order valence-corrected chi connectivity index (χ4v) is 14.2. The number of hydrogen-bond acceptors (Lipinski definition) is 18. The van der Waals surface area contributed by atoms with Gasteiger partial charge in [0, 0.05) is 78.1 Å². The fraction of sp³-hybridized carbons (Fsp3) is 0.977. The van der Waals surface area contributed by atoms with Gasteiger partial charge < -0.3 is 47.8 Å². The first-order valence-electron chi connectivity index (χ1n) is 26.6. The van der Waals surface area contributed by atoms with Crippen molar-refractivity contribution in [3.8, 4) is 6.07 Å². The van der Waals surface area contributed by atoms with Crippen molar-refractivity contribution in [3.05, 3.63) is 0 Å². The van der Waals surface area contributed by atoms with Crippen LogP contribution in [-0.2, 0) is 42.0 Å². The lowest BCUT2D eigenvalue weighted by Crippen LogP contribution is -2.39. The maximum Gasteiger partial charge on any atom is 0.280 e. The first-order valence-corrected chi connectivity index (χ1v) is 28.7. The Hall–Kier alpha value is 0.545. The number of alkyl halides is 2. The standard InChI is InChI=1S/C16H30BN2O4P.C13H27BFN2O4P.C12H24BFNOPS.3CH4O/c1-11(2)19(12(3)4)24(6)23-14-13(5)22-16(17)15(14)21-10-20-9-7-8-18;1-7-18-16-21-22(17(8(2)3)9(4)5)20-12-10(6)19-13(14)11(12)15;1-7(2)15(8(3)4)17(6)16-11-9(5)18-12(13)10(11)14;3*1-2/h11-16H,7,9-10H2,1-6H3;8-13,16H,7H2,1-6H3;7-12H,1-6H3;3*2H,1H3/t13-,14?,15+,16-,24?;10-,11+,12-,13-,22?;9-,10+,11-,12-,17?;;;/m111.../s1/i5D;6D;5D;3*2T. The average molecular weight is 1090 g/mol. The van der Waals surface area contributed by atoms with Gasteiger partial charge in [0.2, 0.25) is 4.29 Å². The molecule has 0 amide bonds. The van der Waals surface area contributed by atoms with E-state index < -0.39 is 91.2 Å². The zero-order chi connectivity index (χ0) is 59.4. The van der Waals surface area contributed by atoms with Crippen molar-refractivity contribution in [1.82, 2.24) is 19.7 Å². The van der Waals surface area contributed by atoms with Crippen LogP contribution in [0.15, 0.2) is 0 Å². The molecular formula is C44H93B3F2N5O12P3S. The first kappa shape index (κ1) is 63.1. The van der Waals surface area contributed by atoms with Gasteiger partial charge in [-0.1, -0.05) is 12.5 Å². The summed E-state index contributed by atoms with van der Waals surface area (Å²) in [5.74, 6) is 0. The minimum atomic E-state index is -1.67. The summed E-state index contributed by atoms with van der Waals surface area (Å²) in [4.78, 5) is 4.99. The van der Waals surface area contributed by atoms with Gasteiger partial charge in [0.05, 0.1) is 51.8 Å². The lowest BCUT2D eigenvalue weighted by atomic mass is 9.93. The van der Waals surface area contributed by atoms with E-state index in [1.807, 2.05) is 45.1 Å². The second-order valence-electron chi connectivity index (χ2n) is 17.1. The van der Waals surface area contributed by atoms with E-state index in [9.17, 15) is 8.78 Å². The van der Waals surface area contributed by atoms with Crippen molar-refractivity contribution in [1.29, 1.82) is 9.56 Å². The molecule has 0 aromatic heterocycles. The van der Waals surface area contributed by atoms with Crippen molar-refractivity contribution in [3.63, 3.8) is 0 Å². The van der Waals surface area contributed by atoms with Gasteiger partial charge in [-0.05, 0) is 117 Å². The number of rotatable bonds is 24. The van der Waals surface area contributed by atoms with Gasteiger partial charge in [0.1, 0.15) is 75.8 Å². The molecule has 0 aliphatic carbocycles. The van der Waals surface area contributed by atoms with E-state index in [0.29, 0.717) is 43.8 Å². The number of nitrogens with one attached hydrogen (secondary N) is 1. The van der Waals surface area contributed by atoms with Gasteiger partial charge in [-0.2, -0.15) is 17.0 Å². The third-order valence-electron chi connectivity index (χ3n) is 9.79. The monoisotopic (exact) mass is 1090 g/mol. The van der Waals surface area contributed by atoms with E-state index >= 15 is 0 Å². The van der Waals surface area contributed by atoms with E-state index in [2.05, 4.69) is 92.4 Å². The molecule has 3 aliphatic rings. The van der Waals surface area contributed by atoms with Gasteiger partial charge in [-0.3, -0.25) is 14.2 Å². The van der Waals surface area contributed by atoms with Crippen molar-refractivity contribution < 1.29 is 70.2 Å². The van der Waals surface area contributed by atoms with Crippen molar-refractivity contribution in [2.75, 3.05) is 54.7 Å². The van der Waals surface area contributed by atoms with Crippen LogP contribution in [0.3, 0.4) is 0 Å². The number of hydrogen-bond donors (Lipinski definition) is 4. The summed E-state index contributed by atoms with van der Waals surface area (Å²) >= 11 is 1.33. The first-order chi connectivity index (χ1) is 35.7. The predicted octanol–water partition coefficient (Wildman–Crippen LogP) is 7.29. The second kappa shape index (κ2) is 41.7. The summed E-state index contributed by atoms with van der Waals surface area (Å²) in [7, 11) is 17.8. The Balaban J connectivity index is -0.000000978. The summed E-state index contributed by atoms with van der Waals surface area (Å²) in [6, 6.07) is 1.87. The van der Waals surface area contributed by atoms with Crippen LogP contribution in [0.5, 0.6) is 0 Å². The van der Waals surface area contributed by atoms with E-state index in [1.165, 1.54) is 33.1 Å². The molecule has 0 aromatic carbocycles. The topological polar surface area (TPSA) is 189 Å². The van der Waals surface area contributed by atoms with Crippen molar-refractivity contribution in [2.45, 2.75) is 225 Å². The molecule has 3 aliphatic heterocycles. The number of nitrogens with zero attached hydrogens (tertiary/aromatic N) is 4. The Kier molecular flexibility index (Phi) is 37.6. The number of halogens is 2. The number of nitriles is 1. The quantitative estimate of drug-likeness (QED) is 0.0248. The van der Waals surface area contributed by atoms with Crippen molar-refractivity contribution >= 4 is 60.4 Å². The second-order valence-corrected chi connectivity index (χ2v) is 23.0. The molecule has 0 saturated carbocycles. The van der Waals surface area contributed by atoms with Crippen LogP contribution in [0.2, 0.25) is 0 Å². The Morgan fingerprint density at radius 1 is 0.729 bits per heavy atom. The molecule has 0 aromatic rings. The van der Waals surface area contributed by atoms with Crippen LogP contribution in [0.1, 0.15) is 121 Å². The Morgan fingerprint density at radius 2 is 1.19 bits per heavy atom. The van der Waals surface area contributed by atoms with Crippen molar-refractivity contribution in [2.24, 2.45) is 0 Å². The fourth-order valence-electron chi connectivity index (χ4n) is 7.39. The van der Waals surface area contributed by atoms with E-state index in [4.69, 9.17) is 79.2 Å². The molecule has 0 spiro atoms. The van der Waals surface area contributed by atoms with E-state index in [0.717, 1.165) is 0 Å². The maximum absolute atomic E-state index is 14.3. The maximum atomic E-state index is 14.3. The molecule has 0 bridgehead atoms. The molecule has 4 N–H and O–H groups in total. The molecule has 3 heterocycles. The Labute approximate surface area is 444 Å². The molecule has 26 heteroatoms. The zero-order valence-corrected chi connectivity index (χ0v) is 48.8. The smallest absolute Gasteiger partial charge is 0.280 e. The van der Waals surface area contributed by atoms with Gasteiger partial charge in [-0.15, -0.1) is 0 Å². The number of thioether (sulfide) groups is 1. The molecular weight excluding hydrogens is 986 g/mol. The summed E-state index contributed by atoms with van der Waals surface area (Å²) in [6.45, 7) is 31.7.